The van der Waals surface area contributed by atoms with Crippen molar-refractivity contribution in [2.75, 3.05) is 6.61 Å². The fraction of sp³-hybridized carbons (Fsp3) is 0.333. The van der Waals surface area contributed by atoms with Gasteiger partial charge in [-0.2, -0.15) is 0 Å². The Morgan fingerprint density at radius 1 is 1.37 bits per heavy atom. The minimum Gasteiger partial charge on any atom is -0.494 e. The van der Waals surface area contributed by atoms with Crippen LogP contribution in [0.4, 0.5) is 0 Å². The first kappa shape index (κ1) is 12.0. The molecule has 4 nitrogen and oxygen atoms in total. The highest BCUT2D eigenvalue weighted by Gasteiger charge is 2.33. The highest BCUT2D eigenvalue weighted by Crippen LogP contribution is 2.32. The molecule has 1 aliphatic carbocycles. The largest absolute Gasteiger partial charge is 0.494 e. The first-order valence-electron chi connectivity index (χ1n) is 6.61. The van der Waals surface area contributed by atoms with Crippen LogP contribution in [0.5, 0.6) is 5.75 Å². The molecule has 4 heteroatoms. The van der Waals surface area contributed by atoms with Gasteiger partial charge in [-0.1, -0.05) is 12.1 Å². The van der Waals surface area contributed by atoms with Gasteiger partial charge < -0.3 is 10.1 Å². The summed E-state index contributed by atoms with van der Waals surface area (Å²) >= 11 is 0. The van der Waals surface area contributed by atoms with Crippen molar-refractivity contribution >= 4 is 17.8 Å². The Hall–Kier alpha value is -2.10. The van der Waals surface area contributed by atoms with E-state index in [2.05, 4.69) is 10.3 Å². The second kappa shape index (κ2) is 4.88. The predicted octanol–water partition coefficient (Wildman–Crippen LogP) is 2.36. The van der Waals surface area contributed by atoms with E-state index >= 15 is 0 Å². The van der Waals surface area contributed by atoms with Gasteiger partial charge in [0.25, 0.3) is 5.91 Å². The van der Waals surface area contributed by atoms with Gasteiger partial charge in [-0.05, 0) is 43.5 Å². The van der Waals surface area contributed by atoms with Crippen LogP contribution in [0, 0.1) is 5.92 Å². The standard InChI is InChI=1S/C15H16N2O2/c1-2-19-12-7-3-10(4-8-12)9-13-15(18)17-14(16-13)11-5-6-11/h3-4,7-9,11H,2,5-6H2,1H3,(H,16,17,18)/b13-9+. The maximum Gasteiger partial charge on any atom is 0.275 e. The van der Waals surface area contributed by atoms with E-state index < -0.39 is 0 Å². The number of aliphatic imine (C=N–C) groups is 1. The summed E-state index contributed by atoms with van der Waals surface area (Å²) in [6.07, 6.45) is 4.07. The number of ether oxygens (including phenoxy) is 1. The minimum atomic E-state index is -0.101. The molecule has 1 aromatic rings. The van der Waals surface area contributed by atoms with Crippen LogP contribution in [0.1, 0.15) is 25.3 Å². The second-order valence-corrected chi connectivity index (χ2v) is 4.76. The van der Waals surface area contributed by atoms with Gasteiger partial charge in [-0.15, -0.1) is 0 Å². The van der Waals surface area contributed by atoms with Crippen molar-refractivity contribution in [2.24, 2.45) is 10.9 Å². The van der Waals surface area contributed by atoms with Gasteiger partial charge >= 0.3 is 0 Å². The molecule has 1 saturated carbocycles. The lowest BCUT2D eigenvalue weighted by Gasteiger charge is -2.02. The monoisotopic (exact) mass is 256 g/mol. The lowest BCUT2D eigenvalue weighted by molar-refractivity contribution is -0.115. The summed E-state index contributed by atoms with van der Waals surface area (Å²) in [5.74, 6) is 2.04. The summed E-state index contributed by atoms with van der Waals surface area (Å²) in [6, 6.07) is 7.65. The summed E-state index contributed by atoms with van der Waals surface area (Å²) in [7, 11) is 0. The zero-order chi connectivity index (χ0) is 13.2. The lowest BCUT2D eigenvalue weighted by Crippen LogP contribution is -2.25. The molecule has 1 heterocycles. The van der Waals surface area contributed by atoms with Gasteiger partial charge in [0.1, 0.15) is 17.3 Å². The number of hydrogen-bond donors (Lipinski definition) is 1. The predicted molar refractivity (Wildman–Crippen MR) is 73.9 cm³/mol. The average Bonchev–Trinajstić information content (AvgIpc) is 3.19. The van der Waals surface area contributed by atoms with E-state index in [9.17, 15) is 4.79 Å². The number of rotatable bonds is 4. The highest BCUT2D eigenvalue weighted by atomic mass is 16.5. The molecule has 0 bridgehead atoms. The van der Waals surface area contributed by atoms with Crippen LogP contribution in [0.3, 0.4) is 0 Å². The average molecular weight is 256 g/mol. The van der Waals surface area contributed by atoms with Crippen molar-refractivity contribution in [1.29, 1.82) is 0 Å². The number of nitrogens with one attached hydrogen (secondary N) is 1. The van der Waals surface area contributed by atoms with E-state index in [1.54, 1.807) is 6.08 Å². The smallest absolute Gasteiger partial charge is 0.275 e. The molecule has 0 atom stereocenters. The van der Waals surface area contributed by atoms with Gasteiger partial charge in [0.2, 0.25) is 0 Å². The summed E-state index contributed by atoms with van der Waals surface area (Å²) in [6.45, 7) is 2.60. The molecule has 0 radical (unpaired) electrons. The SMILES string of the molecule is CCOc1ccc(/C=C2/N=C(C3CC3)NC2=O)cc1. The maximum atomic E-state index is 11.8. The van der Waals surface area contributed by atoms with Crippen LogP contribution in [-0.2, 0) is 4.79 Å². The number of hydrogen-bond acceptors (Lipinski definition) is 3. The number of nitrogens with zero attached hydrogens (tertiary/aromatic N) is 1. The number of carbonyl (C=O) groups excluding carboxylic acids is 1. The van der Waals surface area contributed by atoms with Crippen molar-refractivity contribution < 1.29 is 9.53 Å². The Labute approximate surface area is 112 Å². The normalized spacial score (nSPS) is 20.4. The van der Waals surface area contributed by atoms with E-state index in [0.717, 1.165) is 30.0 Å². The number of amides is 1. The number of amidine groups is 1. The molecular formula is C15H16N2O2. The lowest BCUT2D eigenvalue weighted by atomic mass is 10.2. The van der Waals surface area contributed by atoms with Crippen molar-refractivity contribution in [2.45, 2.75) is 19.8 Å². The summed E-state index contributed by atoms with van der Waals surface area (Å²) in [4.78, 5) is 16.1. The van der Waals surface area contributed by atoms with E-state index in [1.807, 2.05) is 31.2 Å². The summed E-state index contributed by atoms with van der Waals surface area (Å²) in [5, 5.41) is 2.84. The van der Waals surface area contributed by atoms with Crippen molar-refractivity contribution in [3.8, 4) is 5.75 Å². The van der Waals surface area contributed by atoms with E-state index in [-0.39, 0.29) is 5.91 Å². The minimum absolute atomic E-state index is 0.101. The Kier molecular flexibility index (Phi) is 3.07. The topological polar surface area (TPSA) is 50.7 Å². The van der Waals surface area contributed by atoms with Crippen LogP contribution in [-0.4, -0.2) is 18.3 Å². The van der Waals surface area contributed by atoms with E-state index in [1.165, 1.54) is 0 Å². The van der Waals surface area contributed by atoms with Gasteiger partial charge in [-0.25, -0.2) is 4.99 Å². The Morgan fingerprint density at radius 2 is 2.11 bits per heavy atom. The third-order valence-electron chi connectivity index (χ3n) is 3.17. The van der Waals surface area contributed by atoms with Crippen LogP contribution in [0.15, 0.2) is 35.0 Å². The molecule has 0 unspecified atom stereocenters. The first-order chi connectivity index (χ1) is 9.26. The molecule has 0 aromatic heterocycles. The van der Waals surface area contributed by atoms with Crippen LogP contribution in [0.25, 0.3) is 6.08 Å². The van der Waals surface area contributed by atoms with Gasteiger partial charge in [0.15, 0.2) is 0 Å². The zero-order valence-corrected chi connectivity index (χ0v) is 10.8. The van der Waals surface area contributed by atoms with Crippen LogP contribution < -0.4 is 10.1 Å². The molecule has 3 rings (SSSR count). The molecule has 1 amide bonds. The maximum absolute atomic E-state index is 11.8. The van der Waals surface area contributed by atoms with Gasteiger partial charge in [-0.3, -0.25) is 4.79 Å². The van der Waals surface area contributed by atoms with Crippen LogP contribution in [0.2, 0.25) is 0 Å². The van der Waals surface area contributed by atoms with E-state index in [4.69, 9.17) is 4.74 Å². The number of carbonyl (C=O) groups is 1. The molecule has 19 heavy (non-hydrogen) atoms. The first-order valence-corrected chi connectivity index (χ1v) is 6.61. The summed E-state index contributed by atoms with van der Waals surface area (Å²) in [5.41, 5.74) is 1.44. The molecule has 0 saturated heterocycles. The molecule has 1 fully saturated rings. The third kappa shape index (κ3) is 2.67. The molecule has 1 aromatic carbocycles. The molecule has 2 aliphatic rings. The van der Waals surface area contributed by atoms with Crippen LogP contribution >= 0.6 is 0 Å². The molecule has 1 N–H and O–H groups in total. The van der Waals surface area contributed by atoms with Crippen molar-refractivity contribution in [3.05, 3.63) is 35.5 Å². The number of benzene rings is 1. The quantitative estimate of drug-likeness (QED) is 0.841. The van der Waals surface area contributed by atoms with E-state index in [0.29, 0.717) is 18.2 Å². The third-order valence-corrected chi connectivity index (χ3v) is 3.17. The molecule has 98 valence electrons. The van der Waals surface area contributed by atoms with Gasteiger partial charge in [0, 0.05) is 5.92 Å². The molecular weight excluding hydrogens is 240 g/mol. The molecule has 1 aliphatic heterocycles. The van der Waals surface area contributed by atoms with Gasteiger partial charge in [0.05, 0.1) is 6.61 Å². The van der Waals surface area contributed by atoms with Crippen molar-refractivity contribution in [1.82, 2.24) is 5.32 Å². The highest BCUT2D eigenvalue weighted by molar-refractivity contribution is 6.15. The Bertz CT molecular complexity index is 554. The van der Waals surface area contributed by atoms with Crippen molar-refractivity contribution in [3.63, 3.8) is 0 Å². The fourth-order valence-electron chi connectivity index (χ4n) is 2.02. The molecule has 0 spiro atoms. The Morgan fingerprint density at radius 3 is 2.74 bits per heavy atom. The zero-order valence-electron chi connectivity index (χ0n) is 10.8. The Balaban J connectivity index is 1.78. The fourth-order valence-corrected chi connectivity index (χ4v) is 2.02. The second-order valence-electron chi connectivity index (χ2n) is 4.76. The summed E-state index contributed by atoms with van der Waals surface area (Å²) < 4.78 is 5.38.